The molecule has 0 aliphatic rings. The number of hydrogen-bond donors (Lipinski definition) is 0. The number of hydrogen-bond acceptors (Lipinski definition) is 3. The molecule has 0 saturated carbocycles. The minimum Gasteiger partial charge on any atom is -0.494 e. The molecule has 3 nitrogen and oxygen atoms in total. The van der Waals surface area contributed by atoms with Crippen LogP contribution >= 0.6 is 0 Å². The van der Waals surface area contributed by atoms with Gasteiger partial charge in [0, 0.05) is 6.42 Å². The number of ether oxygens (including phenoxy) is 2. The summed E-state index contributed by atoms with van der Waals surface area (Å²) in [6.07, 6.45) is -4.12. The third kappa shape index (κ3) is 5.30. The molecule has 0 bridgehead atoms. The van der Waals surface area contributed by atoms with E-state index < -0.39 is 37.2 Å². The molecule has 0 aliphatic carbocycles. The van der Waals surface area contributed by atoms with Gasteiger partial charge in [0.15, 0.2) is 17.3 Å². The van der Waals surface area contributed by atoms with Crippen LogP contribution < -0.4 is 4.74 Å². The van der Waals surface area contributed by atoms with Crippen LogP contribution in [0, 0.1) is 5.82 Å². The van der Waals surface area contributed by atoms with E-state index >= 15 is 0 Å². The van der Waals surface area contributed by atoms with Gasteiger partial charge in [0.1, 0.15) is 13.2 Å². The summed E-state index contributed by atoms with van der Waals surface area (Å²) in [4.78, 5) is 11.4. The first kappa shape index (κ1) is 17.4. The van der Waals surface area contributed by atoms with E-state index in [9.17, 15) is 26.7 Å². The number of Topliss-reactive ketones (excluding diaryl/α,β-unsaturated/α-hetero) is 1. The van der Waals surface area contributed by atoms with Crippen molar-refractivity contribution in [3.63, 3.8) is 0 Å². The highest BCUT2D eigenvalue weighted by molar-refractivity contribution is 5.82. The summed E-state index contributed by atoms with van der Waals surface area (Å²) in [5, 5.41) is 0. The maximum atomic E-state index is 13.3. The molecule has 0 saturated heterocycles. The van der Waals surface area contributed by atoms with Gasteiger partial charge in [-0.15, -0.1) is 0 Å². The molecular formula is C13H13F5O3. The van der Waals surface area contributed by atoms with Crippen LogP contribution in [-0.2, 0) is 16.0 Å². The second kappa shape index (κ2) is 7.35. The van der Waals surface area contributed by atoms with E-state index in [0.29, 0.717) is 5.56 Å². The Morgan fingerprint density at radius 3 is 2.52 bits per heavy atom. The third-order valence-electron chi connectivity index (χ3n) is 2.49. The molecule has 0 fully saturated rings. The lowest BCUT2D eigenvalue weighted by Crippen LogP contribution is -2.33. The van der Waals surface area contributed by atoms with E-state index in [1.165, 1.54) is 19.2 Å². The number of methoxy groups -OCH3 is 1. The normalized spacial score (nSPS) is 11.8. The van der Waals surface area contributed by atoms with Crippen molar-refractivity contribution < 1.29 is 36.2 Å². The van der Waals surface area contributed by atoms with Gasteiger partial charge in [-0.25, -0.2) is 13.2 Å². The Hall–Kier alpha value is -1.70. The van der Waals surface area contributed by atoms with Crippen molar-refractivity contribution in [3.05, 3.63) is 29.6 Å². The number of rotatable bonds is 8. The summed E-state index contributed by atoms with van der Waals surface area (Å²) in [5.41, 5.74) is 0.294. The molecule has 0 spiro atoms. The van der Waals surface area contributed by atoms with E-state index in [2.05, 4.69) is 4.74 Å². The topological polar surface area (TPSA) is 35.5 Å². The van der Waals surface area contributed by atoms with Gasteiger partial charge in [0.25, 0.3) is 0 Å². The Balaban J connectivity index is 2.46. The van der Waals surface area contributed by atoms with Crippen molar-refractivity contribution in [2.75, 3.05) is 20.3 Å². The van der Waals surface area contributed by atoms with Crippen LogP contribution in [0.3, 0.4) is 0 Å². The number of carbonyl (C=O) groups excluding carboxylic acids is 1. The summed E-state index contributed by atoms with van der Waals surface area (Å²) < 4.78 is 71.0. The van der Waals surface area contributed by atoms with Crippen LogP contribution in [0.1, 0.15) is 5.56 Å². The maximum Gasteiger partial charge on any atom is 0.330 e. The van der Waals surface area contributed by atoms with Gasteiger partial charge < -0.3 is 9.47 Å². The lowest BCUT2D eigenvalue weighted by molar-refractivity contribution is -0.168. The SMILES string of the molecule is COc1ccc(CC(=O)COCC(F)(F)C(F)F)cc1F. The van der Waals surface area contributed by atoms with Gasteiger partial charge in [-0.2, -0.15) is 8.78 Å². The first-order chi connectivity index (χ1) is 9.76. The molecule has 0 unspecified atom stereocenters. The van der Waals surface area contributed by atoms with Crippen molar-refractivity contribution >= 4 is 5.78 Å². The summed E-state index contributed by atoms with van der Waals surface area (Å²) in [6, 6.07) is 3.79. The van der Waals surface area contributed by atoms with E-state index in [-0.39, 0.29) is 12.2 Å². The molecule has 0 N–H and O–H groups in total. The average molecular weight is 312 g/mol. The third-order valence-corrected chi connectivity index (χ3v) is 2.49. The molecule has 21 heavy (non-hydrogen) atoms. The average Bonchev–Trinajstić information content (AvgIpc) is 2.38. The lowest BCUT2D eigenvalue weighted by Gasteiger charge is -2.14. The molecular weight excluding hydrogens is 299 g/mol. The van der Waals surface area contributed by atoms with Crippen LogP contribution in [0.25, 0.3) is 0 Å². The van der Waals surface area contributed by atoms with Gasteiger partial charge in [0.05, 0.1) is 7.11 Å². The molecule has 0 heterocycles. The van der Waals surface area contributed by atoms with Crippen LogP contribution in [-0.4, -0.2) is 38.5 Å². The largest absolute Gasteiger partial charge is 0.494 e. The molecule has 118 valence electrons. The second-order valence-corrected chi connectivity index (χ2v) is 4.24. The predicted octanol–water partition coefficient (Wildman–Crippen LogP) is 2.86. The first-order valence-corrected chi connectivity index (χ1v) is 5.84. The van der Waals surface area contributed by atoms with Crippen molar-refractivity contribution in [2.45, 2.75) is 18.8 Å². The Morgan fingerprint density at radius 1 is 1.33 bits per heavy atom. The molecule has 8 heteroatoms. The first-order valence-electron chi connectivity index (χ1n) is 5.84. The highest BCUT2D eigenvalue weighted by Crippen LogP contribution is 2.23. The molecule has 0 atom stereocenters. The van der Waals surface area contributed by atoms with Crippen molar-refractivity contribution in [2.24, 2.45) is 0 Å². The fraction of sp³-hybridized carbons (Fsp3) is 0.462. The number of ketones is 1. The number of carbonyl (C=O) groups is 1. The van der Waals surface area contributed by atoms with E-state index in [4.69, 9.17) is 4.74 Å². The summed E-state index contributed by atoms with van der Waals surface area (Å²) in [7, 11) is 1.28. The Kier molecular flexibility index (Phi) is 6.07. The summed E-state index contributed by atoms with van der Waals surface area (Å²) >= 11 is 0. The Labute approximate surface area is 117 Å². The van der Waals surface area contributed by atoms with Crippen molar-refractivity contribution in [1.29, 1.82) is 0 Å². The fourth-order valence-electron chi connectivity index (χ4n) is 1.46. The van der Waals surface area contributed by atoms with Crippen LogP contribution in [0.5, 0.6) is 5.75 Å². The van der Waals surface area contributed by atoms with Gasteiger partial charge in [0.2, 0.25) is 0 Å². The maximum absolute atomic E-state index is 13.3. The minimum atomic E-state index is -4.30. The quantitative estimate of drug-likeness (QED) is 0.693. The van der Waals surface area contributed by atoms with E-state index in [1.807, 2.05) is 0 Å². The van der Waals surface area contributed by atoms with Crippen molar-refractivity contribution in [3.8, 4) is 5.75 Å². The van der Waals surface area contributed by atoms with Crippen LogP contribution in [0.2, 0.25) is 0 Å². The standard InChI is InChI=1S/C13H13F5O3/c1-20-11-3-2-8(5-10(11)14)4-9(19)6-21-7-13(17,18)12(15)16/h2-3,5,12H,4,6-7H2,1H3. The number of halogens is 5. The zero-order valence-electron chi connectivity index (χ0n) is 11.0. The summed E-state index contributed by atoms with van der Waals surface area (Å²) in [5.74, 6) is -5.61. The molecule has 1 aromatic rings. The van der Waals surface area contributed by atoms with Gasteiger partial charge >= 0.3 is 12.3 Å². The van der Waals surface area contributed by atoms with E-state index in [0.717, 1.165) is 6.07 Å². The molecule has 0 radical (unpaired) electrons. The smallest absolute Gasteiger partial charge is 0.330 e. The molecule has 0 amide bonds. The highest BCUT2D eigenvalue weighted by Gasteiger charge is 2.41. The molecule has 1 rings (SSSR count). The fourth-order valence-corrected chi connectivity index (χ4v) is 1.46. The minimum absolute atomic E-state index is 0.000903. The summed E-state index contributed by atoms with van der Waals surface area (Å²) in [6.45, 7) is -2.30. The van der Waals surface area contributed by atoms with Crippen LogP contribution in [0.4, 0.5) is 22.0 Å². The molecule has 0 aliphatic heterocycles. The number of benzene rings is 1. The van der Waals surface area contributed by atoms with E-state index in [1.54, 1.807) is 0 Å². The zero-order valence-corrected chi connectivity index (χ0v) is 11.0. The zero-order chi connectivity index (χ0) is 16.0. The van der Waals surface area contributed by atoms with Gasteiger partial charge in [-0.1, -0.05) is 6.07 Å². The predicted molar refractivity (Wildman–Crippen MR) is 63.4 cm³/mol. The highest BCUT2D eigenvalue weighted by atomic mass is 19.3. The monoisotopic (exact) mass is 312 g/mol. The Morgan fingerprint density at radius 2 is 2.00 bits per heavy atom. The van der Waals surface area contributed by atoms with Gasteiger partial charge in [-0.05, 0) is 17.7 Å². The molecule has 0 aromatic heterocycles. The molecule has 1 aromatic carbocycles. The Bertz CT molecular complexity index is 491. The van der Waals surface area contributed by atoms with Crippen molar-refractivity contribution in [1.82, 2.24) is 0 Å². The van der Waals surface area contributed by atoms with Crippen LogP contribution in [0.15, 0.2) is 18.2 Å². The second-order valence-electron chi connectivity index (χ2n) is 4.24. The lowest BCUT2D eigenvalue weighted by atomic mass is 10.1. The number of alkyl halides is 4. The van der Waals surface area contributed by atoms with Gasteiger partial charge in [-0.3, -0.25) is 4.79 Å².